The topological polar surface area (TPSA) is 44.4 Å². The van der Waals surface area contributed by atoms with Crippen LogP contribution in [-0.4, -0.2) is 55.7 Å². The van der Waals surface area contributed by atoms with Gasteiger partial charge in [0.1, 0.15) is 6.04 Å². The molecule has 1 aliphatic carbocycles. The molecule has 1 aromatic rings. The lowest BCUT2D eigenvalue weighted by Gasteiger charge is -2.42. The Morgan fingerprint density at radius 3 is 2.31 bits per heavy atom. The van der Waals surface area contributed by atoms with Gasteiger partial charge in [0.05, 0.1) is 5.41 Å². The number of amides is 1. The van der Waals surface area contributed by atoms with E-state index >= 15 is 0 Å². The summed E-state index contributed by atoms with van der Waals surface area (Å²) in [5.41, 5.74) is 0.227. The second-order valence-electron chi connectivity index (χ2n) is 6.86. The van der Waals surface area contributed by atoms with Crippen LogP contribution in [0.4, 0.5) is 13.2 Å². The number of rotatable bonds is 5. The first-order valence-corrected chi connectivity index (χ1v) is 8.79. The molecular weight excluding hydrogens is 367 g/mol. The van der Waals surface area contributed by atoms with E-state index < -0.39 is 24.2 Å². The van der Waals surface area contributed by atoms with Crippen molar-refractivity contribution in [3.05, 3.63) is 35.9 Å². The molecule has 1 saturated heterocycles. The van der Waals surface area contributed by atoms with Crippen LogP contribution in [0.5, 0.6) is 0 Å². The average Bonchev–Trinajstić information content (AvgIpc) is 2.55. The fourth-order valence-corrected chi connectivity index (χ4v) is 3.74. The van der Waals surface area contributed by atoms with Gasteiger partial charge in [-0.05, 0) is 18.4 Å². The minimum absolute atomic E-state index is 0. The molecule has 0 spiro atoms. The second kappa shape index (κ2) is 8.59. The van der Waals surface area contributed by atoms with Gasteiger partial charge in [-0.25, -0.2) is 0 Å². The summed E-state index contributed by atoms with van der Waals surface area (Å²) in [6, 6.07) is 7.74. The molecule has 0 radical (unpaired) electrons. The van der Waals surface area contributed by atoms with Crippen molar-refractivity contribution in [3.8, 4) is 0 Å². The Balaban J connectivity index is 0.00000243. The van der Waals surface area contributed by atoms with Gasteiger partial charge in [0, 0.05) is 32.7 Å². The van der Waals surface area contributed by atoms with E-state index in [0.717, 1.165) is 12.0 Å². The van der Waals surface area contributed by atoms with Gasteiger partial charge >= 0.3 is 6.18 Å². The van der Waals surface area contributed by atoms with E-state index in [2.05, 4.69) is 10.6 Å². The fraction of sp³-hybridized carbons (Fsp3) is 0.611. The largest absolute Gasteiger partial charge is 0.405 e. The molecule has 4 nitrogen and oxygen atoms in total. The van der Waals surface area contributed by atoms with Crippen molar-refractivity contribution in [2.45, 2.75) is 36.9 Å². The number of nitrogens with zero attached hydrogens (tertiary/aromatic N) is 1. The van der Waals surface area contributed by atoms with Gasteiger partial charge in [0.25, 0.3) is 0 Å². The van der Waals surface area contributed by atoms with Crippen LogP contribution in [0.25, 0.3) is 0 Å². The first-order valence-electron chi connectivity index (χ1n) is 8.79. The molecule has 1 amide bonds. The zero-order valence-electron chi connectivity index (χ0n) is 14.5. The molecule has 0 aromatic heterocycles. The highest BCUT2D eigenvalue weighted by Gasteiger charge is 2.48. The highest BCUT2D eigenvalue weighted by molar-refractivity contribution is 5.89. The SMILES string of the molecule is Cl.O=C(NCC(N1CCNCC1)C(F)(F)F)C1(c2ccccc2)CCC1. The van der Waals surface area contributed by atoms with E-state index in [1.807, 2.05) is 30.3 Å². The molecule has 8 heteroatoms. The molecular formula is C18H25ClF3N3O. The van der Waals surface area contributed by atoms with Gasteiger partial charge < -0.3 is 10.6 Å². The lowest BCUT2D eigenvalue weighted by molar-refractivity contribution is -0.184. The highest BCUT2D eigenvalue weighted by Crippen LogP contribution is 2.44. The zero-order chi connectivity index (χ0) is 17.9. The number of halogens is 4. The Morgan fingerprint density at radius 1 is 1.19 bits per heavy atom. The summed E-state index contributed by atoms with van der Waals surface area (Å²) in [4.78, 5) is 14.2. The Labute approximate surface area is 157 Å². The fourth-order valence-electron chi connectivity index (χ4n) is 3.74. The molecule has 1 saturated carbocycles. The van der Waals surface area contributed by atoms with Crippen molar-refractivity contribution in [1.82, 2.24) is 15.5 Å². The van der Waals surface area contributed by atoms with Gasteiger partial charge in [0.2, 0.25) is 5.91 Å². The third-order valence-corrected chi connectivity index (χ3v) is 5.39. The van der Waals surface area contributed by atoms with E-state index in [-0.39, 0.29) is 18.3 Å². The van der Waals surface area contributed by atoms with Crippen LogP contribution >= 0.6 is 12.4 Å². The molecule has 146 valence electrons. The first kappa shape index (κ1) is 21.0. The summed E-state index contributed by atoms with van der Waals surface area (Å²) >= 11 is 0. The summed E-state index contributed by atoms with van der Waals surface area (Å²) in [6.45, 7) is 1.35. The van der Waals surface area contributed by atoms with Crippen molar-refractivity contribution in [2.75, 3.05) is 32.7 Å². The smallest absolute Gasteiger partial charge is 0.353 e. The Morgan fingerprint density at radius 2 is 1.81 bits per heavy atom. The molecule has 1 heterocycles. The lowest BCUT2D eigenvalue weighted by atomic mass is 9.64. The van der Waals surface area contributed by atoms with Crippen LogP contribution in [0.15, 0.2) is 30.3 Å². The third kappa shape index (κ3) is 4.32. The summed E-state index contributed by atoms with van der Waals surface area (Å²) in [5.74, 6) is -0.283. The predicted octanol–water partition coefficient (Wildman–Crippen LogP) is 2.48. The maximum atomic E-state index is 13.5. The summed E-state index contributed by atoms with van der Waals surface area (Å²) < 4.78 is 40.4. The van der Waals surface area contributed by atoms with Crippen LogP contribution in [0.1, 0.15) is 24.8 Å². The standard InChI is InChI=1S/C18H24F3N3O.ClH/c19-18(20,21)15(24-11-9-22-10-12-24)13-23-16(25)17(7-4-8-17)14-5-2-1-3-6-14;/h1-3,5-6,15,22H,4,7-13H2,(H,23,25);1H. The van der Waals surface area contributed by atoms with Crippen LogP contribution in [0.3, 0.4) is 0 Å². The molecule has 3 rings (SSSR count). The van der Waals surface area contributed by atoms with Gasteiger partial charge in [-0.3, -0.25) is 9.69 Å². The molecule has 1 unspecified atom stereocenters. The minimum Gasteiger partial charge on any atom is -0.353 e. The van der Waals surface area contributed by atoms with Gasteiger partial charge in [-0.2, -0.15) is 13.2 Å². The first-order chi connectivity index (χ1) is 11.9. The van der Waals surface area contributed by atoms with Crippen molar-refractivity contribution < 1.29 is 18.0 Å². The van der Waals surface area contributed by atoms with E-state index in [4.69, 9.17) is 0 Å². The van der Waals surface area contributed by atoms with E-state index in [9.17, 15) is 18.0 Å². The number of piperazine rings is 1. The number of nitrogens with one attached hydrogen (secondary N) is 2. The quantitative estimate of drug-likeness (QED) is 0.810. The number of alkyl halides is 3. The lowest BCUT2D eigenvalue weighted by Crippen LogP contribution is -2.59. The summed E-state index contributed by atoms with van der Waals surface area (Å²) in [5, 5.41) is 5.66. The predicted molar refractivity (Wildman–Crippen MR) is 96.5 cm³/mol. The Kier molecular flexibility index (Phi) is 6.93. The van der Waals surface area contributed by atoms with Gasteiger partial charge in [-0.15, -0.1) is 12.4 Å². The minimum atomic E-state index is -4.36. The average molecular weight is 392 g/mol. The summed E-state index contributed by atoms with van der Waals surface area (Å²) in [6.07, 6.45) is -2.06. The third-order valence-electron chi connectivity index (χ3n) is 5.39. The number of benzene rings is 1. The van der Waals surface area contributed by atoms with Gasteiger partial charge in [-0.1, -0.05) is 36.8 Å². The molecule has 26 heavy (non-hydrogen) atoms. The zero-order valence-corrected chi connectivity index (χ0v) is 15.3. The molecule has 0 bridgehead atoms. The molecule has 2 N–H and O–H groups in total. The summed E-state index contributed by atoms with van der Waals surface area (Å²) in [7, 11) is 0. The maximum absolute atomic E-state index is 13.5. The Bertz CT molecular complexity index is 587. The van der Waals surface area contributed by atoms with Gasteiger partial charge in [0.15, 0.2) is 0 Å². The van der Waals surface area contributed by atoms with Crippen LogP contribution < -0.4 is 10.6 Å². The van der Waals surface area contributed by atoms with E-state index in [1.54, 1.807) is 0 Å². The maximum Gasteiger partial charge on any atom is 0.405 e. The van der Waals surface area contributed by atoms with E-state index in [0.29, 0.717) is 39.0 Å². The van der Waals surface area contributed by atoms with Crippen LogP contribution in [0, 0.1) is 0 Å². The van der Waals surface area contributed by atoms with E-state index in [1.165, 1.54) is 4.90 Å². The number of hydrogen-bond donors (Lipinski definition) is 2. The molecule has 1 atom stereocenters. The van der Waals surface area contributed by atoms with Crippen molar-refractivity contribution in [3.63, 3.8) is 0 Å². The normalized spacial score (nSPS) is 21.2. The van der Waals surface area contributed by atoms with Crippen molar-refractivity contribution in [2.24, 2.45) is 0 Å². The molecule has 1 aromatic carbocycles. The second-order valence-corrected chi connectivity index (χ2v) is 6.86. The molecule has 2 fully saturated rings. The number of carbonyl (C=O) groups excluding carboxylic acids is 1. The Hall–Kier alpha value is -1.31. The monoisotopic (exact) mass is 391 g/mol. The van der Waals surface area contributed by atoms with Crippen molar-refractivity contribution in [1.29, 1.82) is 0 Å². The number of hydrogen-bond acceptors (Lipinski definition) is 3. The van der Waals surface area contributed by atoms with Crippen molar-refractivity contribution >= 4 is 18.3 Å². The molecule has 2 aliphatic rings. The molecule has 1 aliphatic heterocycles. The number of carbonyl (C=O) groups is 1. The highest BCUT2D eigenvalue weighted by atomic mass is 35.5. The van der Waals surface area contributed by atoms with Crippen LogP contribution in [0.2, 0.25) is 0 Å². The van der Waals surface area contributed by atoms with Crippen LogP contribution in [-0.2, 0) is 10.2 Å².